The third kappa shape index (κ3) is 4.37. The van der Waals surface area contributed by atoms with E-state index in [4.69, 9.17) is 0 Å². The van der Waals surface area contributed by atoms with Gasteiger partial charge in [0.2, 0.25) is 15.9 Å². The van der Waals surface area contributed by atoms with Gasteiger partial charge in [0, 0.05) is 17.5 Å². The van der Waals surface area contributed by atoms with Gasteiger partial charge >= 0.3 is 0 Å². The van der Waals surface area contributed by atoms with Crippen molar-refractivity contribution in [2.75, 3.05) is 13.1 Å². The Labute approximate surface area is 193 Å². The molecule has 1 atom stereocenters. The molecule has 1 unspecified atom stereocenters. The summed E-state index contributed by atoms with van der Waals surface area (Å²) in [5.74, 6) is -0.201. The zero-order valence-electron chi connectivity index (χ0n) is 17.8. The number of hydrogen-bond donors (Lipinski definition) is 0. The van der Waals surface area contributed by atoms with Gasteiger partial charge in [-0.3, -0.25) is 4.79 Å². The Hall–Kier alpha value is -2.48. The van der Waals surface area contributed by atoms with Crippen LogP contribution in [0.5, 0.6) is 0 Å². The molecule has 1 aliphatic carbocycles. The fourth-order valence-electron chi connectivity index (χ4n) is 4.49. The molecule has 0 saturated heterocycles. The molecule has 7 heteroatoms. The van der Waals surface area contributed by atoms with Crippen LogP contribution >= 0.6 is 11.3 Å². The molecular formula is C25H26N2O3S2. The van der Waals surface area contributed by atoms with Crippen molar-refractivity contribution in [1.82, 2.24) is 9.21 Å². The van der Waals surface area contributed by atoms with Crippen LogP contribution < -0.4 is 0 Å². The van der Waals surface area contributed by atoms with Crippen molar-refractivity contribution >= 4 is 27.3 Å². The van der Waals surface area contributed by atoms with Crippen molar-refractivity contribution in [1.29, 1.82) is 0 Å². The molecule has 1 aromatic heterocycles. The highest BCUT2D eigenvalue weighted by atomic mass is 32.2. The molecule has 1 aliphatic heterocycles. The van der Waals surface area contributed by atoms with Gasteiger partial charge in [-0.2, -0.15) is 4.31 Å². The van der Waals surface area contributed by atoms with Gasteiger partial charge in [-0.1, -0.05) is 60.7 Å². The van der Waals surface area contributed by atoms with Gasteiger partial charge in [-0.25, -0.2) is 8.42 Å². The number of amides is 1. The Morgan fingerprint density at radius 2 is 1.69 bits per heavy atom. The first-order chi connectivity index (χ1) is 15.5. The maximum Gasteiger partial charge on any atom is 0.238 e. The minimum atomic E-state index is -3.59. The van der Waals surface area contributed by atoms with Gasteiger partial charge in [0.1, 0.15) is 0 Å². The molecule has 2 aromatic carbocycles. The van der Waals surface area contributed by atoms with E-state index in [1.807, 2.05) is 65.6 Å². The Kier molecular flexibility index (Phi) is 5.88. The highest BCUT2D eigenvalue weighted by Crippen LogP contribution is 2.38. The second kappa shape index (κ2) is 8.81. The van der Waals surface area contributed by atoms with E-state index in [2.05, 4.69) is 11.4 Å². The summed E-state index contributed by atoms with van der Waals surface area (Å²) < 4.78 is 28.0. The lowest BCUT2D eigenvalue weighted by Crippen LogP contribution is -2.47. The molecule has 5 nitrogen and oxygen atoms in total. The molecule has 0 spiro atoms. The second-order valence-corrected chi connectivity index (χ2v) is 11.4. The van der Waals surface area contributed by atoms with E-state index in [-0.39, 0.29) is 30.3 Å². The number of benzene rings is 2. The summed E-state index contributed by atoms with van der Waals surface area (Å²) in [5, 5.41) is 2.08. The van der Waals surface area contributed by atoms with Crippen molar-refractivity contribution in [3.05, 3.63) is 93.7 Å². The van der Waals surface area contributed by atoms with Crippen LogP contribution in [-0.4, -0.2) is 42.7 Å². The van der Waals surface area contributed by atoms with Gasteiger partial charge in [0.05, 0.1) is 18.3 Å². The average Bonchev–Trinajstić information content (AvgIpc) is 3.52. The molecule has 3 aromatic rings. The highest BCUT2D eigenvalue weighted by Gasteiger charge is 2.41. The molecule has 1 fully saturated rings. The number of hydrogen-bond acceptors (Lipinski definition) is 4. The number of sulfonamides is 1. The lowest BCUT2D eigenvalue weighted by Gasteiger charge is -2.37. The Balaban J connectivity index is 1.41. The molecule has 0 bridgehead atoms. The largest absolute Gasteiger partial charge is 0.330 e. The molecule has 2 heterocycles. The SMILES string of the molecule is O=C(CN(C1CC1)S(=O)(=O)Cc1ccccc1)N1CCc2sccc2C1c1ccccc1. The Morgan fingerprint density at radius 1 is 1.00 bits per heavy atom. The van der Waals surface area contributed by atoms with Crippen molar-refractivity contribution in [3.63, 3.8) is 0 Å². The van der Waals surface area contributed by atoms with Crippen LogP contribution in [0.25, 0.3) is 0 Å². The van der Waals surface area contributed by atoms with Crippen LogP contribution in [-0.2, 0) is 27.0 Å². The number of carbonyl (C=O) groups is 1. The van der Waals surface area contributed by atoms with Crippen LogP contribution in [0, 0.1) is 0 Å². The van der Waals surface area contributed by atoms with E-state index in [0.29, 0.717) is 6.54 Å². The smallest absolute Gasteiger partial charge is 0.238 e. The number of nitrogens with zero attached hydrogens (tertiary/aromatic N) is 2. The van der Waals surface area contributed by atoms with Crippen LogP contribution in [0.3, 0.4) is 0 Å². The minimum Gasteiger partial charge on any atom is -0.330 e. The maximum absolute atomic E-state index is 13.6. The fourth-order valence-corrected chi connectivity index (χ4v) is 7.14. The number of thiophene rings is 1. The van der Waals surface area contributed by atoms with Gasteiger partial charge in [-0.05, 0) is 47.4 Å². The Morgan fingerprint density at radius 3 is 2.38 bits per heavy atom. The molecule has 0 N–H and O–H groups in total. The lowest BCUT2D eigenvalue weighted by molar-refractivity contribution is -0.133. The quantitative estimate of drug-likeness (QED) is 0.524. The van der Waals surface area contributed by atoms with Crippen LogP contribution in [0.15, 0.2) is 72.1 Å². The monoisotopic (exact) mass is 466 g/mol. The van der Waals surface area contributed by atoms with E-state index >= 15 is 0 Å². The molecule has 32 heavy (non-hydrogen) atoms. The molecular weight excluding hydrogens is 440 g/mol. The van der Waals surface area contributed by atoms with E-state index < -0.39 is 10.0 Å². The average molecular weight is 467 g/mol. The van der Waals surface area contributed by atoms with Gasteiger partial charge in [-0.15, -0.1) is 11.3 Å². The number of carbonyl (C=O) groups excluding carboxylic acids is 1. The van der Waals surface area contributed by atoms with Gasteiger partial charge < -0.3 is 4.90 Å². The lowest BCUT2D eigenvalue weighted by atomic mass is 9.93. The second-order valence-electron chi connectivity index (χ2n) is 8.47. The first-order valence-electron chi connectivity index (χ1n) is 11.0. The normalized spacial score (nSPS) is 18.5. The summed E-state index contributed by atoms with van der Waals surface area (Å²) in [7, 11) is -3.59. The molecule has 166 valence electrons. The van der Waals surface area contributed by atoms with Crippen molar-refractivity contribution < 1.29 is 13.2 Å². The van der Waals surface area contributed by atoms with Gasteiger partial charge in [0.15, 0.2) is 0 Å². The summed E-state index contributed by atoms with van der Waals surface area (Å²) in [4.78, 5) is 16.8. The first kappa shape index (κ1) is 21.4. The summed E-state index contributed by atoms with van der Waals surface area (Å²) in [5.41, 5.74) is 2.96. The summed E-state index contributed by atoms with van der Waals surface area (Å²) in [6, 6.07) is 21.1. The summed E-state index contributed by atoms with van der Waals surface area (Å²) in [6.07, 6.45) is 2.44. The number of rotatable bonds is 7. The highest BCUT2D eigenvalue weighted by molar-refractivity contribution is 7.88. The zero-order chi connectivity index (χ0) is 22.1. The molecule has 2 aliphatic rings. The first-order valence-corrected chi connectivity index (χ1v) is 13.5. The van der Waals surface area contributed by atoms with E-state index in [1.54, 1.807) is 11.3 Å². The molecule has 1 amide bonds. The van der Waals surface area contributed by atoms with Crippen LogP contribution in [0.4, 0.5) is 0 Å². The van der Waals surface area contributed by atoms with Gasteiger partial charge in [0.25, 0.3) is 0 Å². The van der Waals surface area contributed by atoms with Crippen molar-refractivity contribution in [2.24, 2.45) is 0 Å². The third-order valence-electron chi connectivity index (χ3n) is 6.20. The third-order valence-corrected chi connectivity index (χ3v) is 9.03. The van der Waals surface area contributed by atoms with Crippen LogP contribution in [0.1, 0.15) is 40.5 Å². The van der Waals surface area contributed by atoms with Crippen molar-refractivity contribution in [2.45, 2.75) is 37.1 Å². The summed E-state index contributed by atoms with van der Waals surface area (Å²) >= 11 is 1.73. The molecule has 1 saturated carbocycles. The van der Waals surface area contributed by atoms with Crippen molar-refractivity contribution in [3.8, 4) is 0 Å². The predicted octanol–water partition coefficient (Wildman–Crippen LogP) is 4.22. The summed E-state index contributed by atoms with van der Waals surface area (Å²) in [6.45, 7) is 0.506. The van der Waals surface area contributed by atoms with Crippen LogP contribution in [0.2, 0.25) is 0 Å². The van der Waals surface area contributed by atoms with E-state index in [1.165, 1.54) is 9.18 Å². The van der Waals surface area contributed by atoms with E-state index in [0.717, 1.165) is 36.0 Å². The standard InChI is InChI=1S/C25H26N2O3S2/c28-24(17-27(21-11-12-21)32(29,30)18-19-7-3-1-4-8-19)26-15-13-23-22(14-16-31-23)25(26)20-9-5-2-6-10-20/h1-10,14,16,21,25H,11-13,15,17-18H2. The number of fused-ring (bicyclic) bond motifs is 1. The minimum absolute atomic E-state index is 0.0654. The Bertz CT molecular complexity index is 1190. The van der Waals surface area contributed by atoms with E-state index in [9.17, 15) is 13.2 Å². The molecule has 5 rings (SSSR count). The molecule has 0 radical (unpaired) electrons. The zero-order valence-corrected chi connectivity index (χ0v) is 19.4. The maximum atomic E-state index is 13.6. The topological polar surface area (TPSA) is 57.7 Å². The predicted molar refractivity (Wildman–Crippen MR) is 127 cm³/mol. The fraction of sp³-hybridized carbons (Fsp3) is 0.320.